The lowest BCUT2D eigenvalue weighted by Gasteiger charge is -2.08. The molecule has 1 N–H and O–H groups in total. The van der Waals surface area contributed by atoms with Gasteiger partial charge >= 0.3 is 0 Å². The zero-order valence-corrected chi connectivity index (χ0v) is 10.9. The Bertz CT molecular complexity index is 456. The van der Waals surface area contributed by atoms with Crippen LogP contribution in [0.3, 0.4) is 0 Å². The van der Waals surface area contributed by atoms with Crippen molar-refractivity contribution in [2.75, 3.05) is 18.5 Å². The van der Waals surface area contributed by atoms with Gasteiger partial charge in [0.1, 0.15) is 5.75 Å². The third kappa shape index (κ3) is 4.30. The van der Waals surface area contributed by atoms with E-state index < -0.39 is 0 Å². The number of nitrogens with one attached hydrogen (secondary N) is 1. The zero-order chi connectivity index (χ0) is 12.6. The summed E-state index contributed by atoms with van der Waals surface area (Å²) in [6.45, 7) is 1.60. The van der Waals surface area contributed by atoms with Crippen molar-refractivity contribution in [1.82, 2.24) is 0 Å². The second-order valence-corrected chi connectivity index (χ2v) is 4.39. The molecule has 0 aliphatic rings. The number of hydrogen-bond acceptors (Lipinski definition) is 2. The number of hydrogen-bond donors (Lipinski definition) is 1. The minimum Gasteiger partial charge on any atom is -0.494 e. The Kier molecular flexibility index (Phi) is 4.91. The van der Waals surface area contributed by atoms with Crippen LogP contribution < -0.4 is 10.1 Å². The first kappa shape index (κ1) is 12.8. The van der Waals surface area contributed by atoms with Gasteiger partial charge in [0.15, 0.2) is 0 Å². The second kappa shape index (κ2) is 6.92. The second-order valence-electron chi connectivity index (χ2n) is 3.95. The SMILES string of the molecule is Clc1ccc(NCCCOc2ccccc2)cc1. The van der Waals surface area contributed by atoms with E-state index in [0.29, 0.717) is 6.61 Å². The zero-order valence-electron chi connectivity index (χ0n) is 10.1. The van der Waals surface area contributed by atoms with Crippen LogP contribution in [0.15, 0.2) is 54.6 Å². The van der Waals surface area contributed by atoms with E-state index in [9.17, 15) is 0 Å². The Labute approximate surface area is 113 Å². The van der Waals surface area contributed by atoms with Crippen molar-refractivity contribution in [2.24, 2.45) is 0 Å². The Morgan fingerprint density at radius 1 is 0.944 bits per heavy atom. The lowest BCUT2D eigenvalue weighted by atomic mass is 10.3. The summed E-state index contributed by atoms with van der Waals surface area (Å²) < 4.78 is 5.60. The molecule has 2 rings (SSSR count). The van der Waals surface area contributed by atoms with Crippen LogP contribution in [0, 0.1) is 0 Å². The van der Waals surface area contributed by atoms with Crippen LogP contribution in [0.1, 0.15) is 6.42 Å². The monoisotopic (exact) mass is 261 g/mol. The van der Waals surface area contributed by atoms with Crippen molar-refractivity contribution in [3.63, 3.8) is 0 Å². The fourth-order valence-electron chi connectivity index (χ4n) is 1.58. The highest BCUT2D eigenvalue weighted by Crippen LogP contribution is 2.13. The van der Waals surface area contributed by atoms with Crippen LogP contribution in [0.5, 0.6) is 5.75 Å². The number of halogens is 1. The van der Waals surface area contributed by atoms with Crippen molar-refractivity contribution >= 4 is 17.3 Å². The van der Waals surface area contributed by atoms with Gasteiger partial charge in [0, 0.05) is 17.3 Å². The molecule has 0 aliphatic heterocycles. The first-order valence-corrected chi connectivity index (χ1v) is 6.40. The van der Waals surface area contributed by atoms with E-state index in [0.717, 1.165) is 29.4 Å². The van der Waals surface area contributed by atoms with Crippen LogP contribution >= 0.6 is 11.6 Å². The molecule has 0 radical (unpaired) electrons. The van der Waals surface area contributed by atoms with E-state index in [1.807, 2.05) is 54.6 Å². The maximum atomic E-state index is 5.82. The van der Waals surface area contributed by atoms with Gasteiger partial charge in [-0.15, -0.1) is 0 Å². The normalized spacial score (nSPS) is 10.1. The molecule has 0 unspecified atom stereocenters. The molecule has 94 valence electrons. The summed E-state index contributed by atoms with van der Waals surface area (Å²) in [5.74, 6) is 0.920. The molecule has 0 spiro atoms. The number of benzene rings is 2. The summed E-state index contributed by atoms with van der Waals surface area (Å²) in [7, 11) is 0. The molecule has 0 amide bonds. The van der Waals surface area contributed by atoms with Crippen molar-refractivity contribution in [2.45, 2.75) is 6.42 Å². The average Bonchev–Trinajstić information content (AvgIpc) is 2.42. The highest BCUT2D eigenvalue weighted by Gasteiger charge is 1.94. The molecule has 0 aliphatic carbocycles. The van der Waals surface area contributed by atoms with Crippen molar-refractivity contribution in [1.29, 1.82) is 0 Å². The van der Waals surface area contributed by atoms with Gasteiger partial charge in [0.05, 0.1) is 6.61 Å². The minimum absolute atomic E-state index is 0.713. The van der Waals surface area contributed by atoms with Gasteiger partial charge in [0.2, 0.25) is 0 Å². The molecule has 3 heteroatoms. The summed E-state index contributed by atoms with van der Waals surface area (Å²) in [6, 6.07) is 17.6. The van der Waals surface area contributed by atoms with Gasteiger partial charge in [-0.3, -0.25) is 0 Å². The van der Waals surface area contributed by atoms with Gasteiger partial charge < -0.3 is 10.1 Å². The summed E-state index contributed by atoms with van der Waals surface area (Å²) in [5.41, 5.74) is 1.08. The van der Waals surface area contributed by atoms with Crippen LogP contribution in [-0.2, 0) is 0 Å². The largest absolute Gasteiger partial charge is 0.494 e. The molecule has 0 saturated carbocycles. The maximum absolute atomic E-state index is 5.82. The van der Waals surface area contributed by atoms with Crippen LogP contribution in [0.25, 0.3) is 0 Å². The Balaban J connectivity index is 1.63. The number of rotatable bonds is 6. The number of ether oxygens (including phenoxy) is 1. The molecule has 2 nitrogen and oxygen atoms in total. The smallest absolute Gasteiger partial charge is 0.119 e. The summed E-state index contributed by atoms with van der Waals surface area (Å²) >= 11 is 5.82. The van der Waals surface area contributed by atoms with E-state index >= 15 is 0 Å². The predicted molar refractivity (Wildman–Crippen MR) is 76.5 cm³/mol. The number of anilines is 1. The summed E-state index contributed by atoms with van der Waals surface area (Å²) in [6.07, 6.45) is 0.956. The fraction of sp³-hybridized carbons (Fsp3) is 0.200. The van der Waals surface area contributed by atoms with Crippen molar-refractivity contribution in [3.05, 3.63) is 59.6 Å². The fourth-order valence-corrected chi connectivity index (χ4v) is 1.71. The van der Waals surface area contributed by atoms with E-state index in [4.69, 9.17) is 16.3 Å². The first-order valence-electron chi connectivity index (χ1n) is 6.02. The van der Waals surface area contributed by atoms with E-state index in [-0.39, 0.29) is 0 Å². The van der Waals surface area contributed by atoms with Gasteiger partial charge in [-0.05, 0) is 42.8 Å². The van der Waals surface area contributed by atoms with E-state index in [1.54, 1.807) is 0 Å². The first-order chi connectivity index (χ1) is 8.84. The van der Waals surface area contributed by atoms with Gasteiger partial charge in [-0.1, -0.05) is 29.8 Å². The average molecular weight is 262 g/mol. The van der Waals surface area contributed by atoms with Gasteiger partial charge in [-0.25, -0.2) is 0 Å². The van der Waals surface area contributed by atoms with Crippen LogP contribution in [-0.4, -0.2) is 13.2 Å². The lowest BCUT2D eigenvalue weighted by molar-refractivity contribution is 0.315. The van der Waals surface area contributed by atoms with Crippen LogP contribution in [0.4, 0.5) is 5.69 Å². The quantitative estimate of drug-likeness (QED) is 0.786. The lowest BCUT2D eigenvalue weighted by Crippen LogP contribution is -2.07. The highest BCUT2D eigenvalue weighted by molar-refractivity contribution is 6.30. The van der Waals surface area contributed by atoms with Crippen molar-refractivity contribution in [3.8, 4) is 5.75 Å². The molecular weight excluding hydrogens is 246 g/mol. The molecule has 0 atom stereocenters. The third-order valence-corrected chi connectivity index (χ3v) is 2.76. The molecule has 2 aromatic carbocycles. The minimum atomic E-state index is 0.713. The van der Waals surface area contributed by atoms with Crippen LogP contribution in [0.2, 0.25) is 5.02 Å². The molecular formula is C15H16ClNO. The van der Waals surface area contributed by atoms with E-state index in [1.165, 1.54) is 0 Å². The summed E-state index contributed by atoms with van der Waals surface area (Å²) in [4.78, 5) is 0. The topological polar surface area (TPSA) is 21.3 Å². The van der Waals surface area contributed by atoms with E-state index in [2.05, 4.69) is 5.32 Å². The highest BCUT2D eigenvalue weighted by atomic mass is 35.5. The Morgan fingerprint density at radius 3 is 2.39 bits per heavy atom. The number of para-hydroxylation sites is 1. The third-order valence-electron chi connectivity index (χ3n) is 2.51. The molecule has 2 aromatic rings. The molecule has 0 fully saturated rings. The molecule has 0 bridgehead atoms. The Morgan fingerprint density at radius 2 is 1.67 bits per heavy atom. The maximum Gasteiger partial charge on any atom is 0.119 e. The molecule has 18 heavy (non-hydrogen) atoms. The molecule has 0 aromatic heterocycles. The standard InChI is InChI=1S/C15H16ClNO/c16-13-7-9-14(10-8-13)17-11-4-12-18-15-5-2-1-3-6-15/h1-3,5-10,17H,4,11-12H2. The Hall–Kier alpha value is -1.67. The predicted octanol–water partition coefficient (Wildman–Crippen LogP) is 4.22. The van der Waals surface area contributed by atoms with Gasteiger partial charge in [-0.2, -0.15) is 0 Å². The molecule has 0 heterocycles. The molecule has 0 saturated heterocycles. The van der Waals surface area contributed by atoms with Gasteiger partial charge in [0.25, 0.3) is 0 Å². The summed E-state index contributed by atoms with van der Waals surface area (Å²) in [5, 5.41) is 4.08. The van der Waals surface area contributed by atoms with Crippen molar-refractivity contribution < 1.29 is 4.74 Å².